The molecule has 0 unspecified atom stereocenters. The van der Waals surface area contributed by atoms with Crippen LogP contribution in [0.5, 0.6) is 0 Å². The molecule has 0 fully saturated rings. The number of nitrogens with two attached hydrogens (primary N) is 1. The molecule has 7 nitrogen and oxygen atoms in total. The number of carbonyl (C=O) groups is 1. The average molecular weight is 267 g/mol. The summed E-state index contributed by atoms with van der Waals surface area (Å²) in [7, 11) is 4.86. The van der Waals surface area contributed by atoms with Crippen LogP contribution in [0.3, 0.4) is 0 Å². The van der Waals surface area contributed by atoms with E-state index in [1.807, 2.05) is 7.85 Å². The molecule has 0 bridgehead atoms. The van der Waals surface area contributed by atoms with E-state index in [0.717, 1.165) is 10.5 Å². The molecule has 0 aliphatic carbocycles. The SMILES string of the molecule is Bc1cc(NC(=S)NC(=O)N(C)N)c(=O)n(C)c1. The van der Waals surface area contributed by atoms with Gasteiger partial charge in [0.15, 0.2) is 5.11 Å². The van der Waals surface area contributed by atoms with E-state index in [9.17, 15) is 9.59 Å². The van der Waals surface area contributed by atoms with Crippen molar-refractivity contribution in [3.05, 3.63) is 22.6 Å². The van der Waals surface area contributed by atoms with Crippen molar-refractivity contribution in [1.82, 2.24) is 14.9 Å². The lowest BCUT2D eigenvalue weighted by molar-refractivity contribution is 0.215. The molecule has 0 saturated carbocycles. The molecule has 1 rings (SSSR count). The van der Waals surface area contributed by atoms with E-state index < -0.39 is 6.03 Å². The lowest BCUT2D eigenvalue weighted by atomic mass is 9.98. The van der Waals surface area contributed by atoms with Crippen LogP contribution in [0.1, 0.15) is 0 Å². The van der Waals surface area contributed by atoms with Crippen molar-refractivity contribution >= 4 is 42.4 Å². The highest BCUT2D eigenvalue weighted by atomic mass is 32.1. The van der Waals surface area contributed by atoms with Gasteiger partial charge < -0.3 is 9.88 Å². The quantitative estimate of drug-likeness (QED) is 0.177. The fourth-order valence-corrected chi connectivity index (χ4v) is 1.51. The van der Waals surface area contributed by atoms with Gasteiger partial charge in [-0.2, -0.15) is 0 Å². The highest BCUT2D eigenvalue weighted by Gasteiger charge is 2.09. The van der Waals surface area contributed by atoms with Gasteiger partial charge in [0.2, 0.25) is 0 Å². The molecule has 1 aromatic rings. The molecule has 18 heavy (non-hydrogen) atoms. The van der Waals surface area contributed by atoms with E-state index >= 15 is 0 Å². The average Bonchev–Trinajstić information content (AvgIpc) is 2.24. The van der Waals surface area contributed by atoms with Crippen molar-refractivity contribution in [3.8, 4) is 0 Å². The molecule has 1 aromatic heterocycles. The molecule has 0 saturated heterocycles. The Morgan fingerprint density at radius 1 is 1.61 bits per heavy atom. The second-order valence-electron chi connectivity index (χ2n) is 3.84. The van der Waals surface area contributed by atoms with Gasteiger partial charge in [0.1, 0.15) is 13.5 Å². The van der Waals surface area contributed by atoms with E-state index in [-0.39, 0.29) is 10.7 Å². The summed E-state index contributed by atoms with van der Waals surface area (Å²) in [5.41, 5.74) is 0.949. The van der Waals surface area contributed by atoms with Gasteiger partial charge in [0.25, 0.3) is 5.56 Å². The molecule has 1 heterocycles. The Kier molecular flexibility index (Phi) is 4.46. The van der Waals surface area contributed by atoms with Gasteiger partial charge in [0, 0.05) is 20.3 Å². The molecule has 0 spiro atoms. The van der Waals surface area contributed by atoms with Crippen molar-refractivity contribution in [2.24, 2.45) is 12.9 Å². The smallest absolute Gasteiger partial charge is 0.328 e. The van der Waals surface area contributed by atoms with Crippen LogP contribution in [0.4, 0.5) is 10.5 Å². The molecular weight excluding hydrogens is 253 g/mol. The summed E-state index contributed by atoms with van der Waals surface area (Å²) in [5, 5.41) is 5.85. The first-order chi connectivity index (χ1) is 8.31. The van der Waals surface area contributed by atoms with Crippen LogP contribution in [-0.2, 0) is 7.05 Å². The minimum atomic E-state index is -0.572. The summed E-state index contributed by atoms with van der Waals surface area (Å²) in [5.74, 6) is 5.22. The highest BCUT2D eigenvalue weighted by molar-refractivity contribution is 7.80. The first-order valence-corrected chi connectivity index (χ1v) is 5.49. The second-order valence-corrected chi connectivity index (χ2v) is 4.25. The lowest BCUT2D eigenvalue weighted by Gasteiger charge is -2.14. The molecule has 2 amide bonds. The fourth-order valence-electron chi connectivity index (χ4n) is 1.31. The number of hydrogen-bond acceptors (Lipinski definition) is 4. The number of hydrogen-bond donors (Lipinski definition) is 3. The lowest BCUT2D eigenvalue weighted by Crippen LogP contribution is -2.46. The van der Waals surface area contributed by atoms with Crippen LogP contribution in [0.2, 0.25) is 0 Å². The predicted octanol–water partition coefficient (Wildman–Crippen LogP) is -2.14. The summed E-state index contributed by atoms with van der Waals surface area (Å²) in [6.07, 6.45) is 1.70. The normalized spacial score (nSPS) is 9.72. The van der Waals surface area contributed by atoms with E-state index in [4.69, 9.17) is 18.1 Å². The number of thiocarbonyl (C=S) groups is 1. The van der Waals surface area contributed by atoms with Crippen molar-refractivity contribution in [2.75, 3.05) is 12.4 Å². The Balaban J connectivity index is 2.83. The van der Waals surface area contributed by atoms with Gasteiger partial charge in [-0.1, -0.05) is 5.46 Å². The largest absolute Gasteiger partial charge is 0.337 e. The van der Waals surface area contributed by atoms with Crippen LogP contribution >= 0.6 is 12.2 Å². The highest BCUT2D eigenvalue weighted by Crippen LogP contribution is 1.95. The van der Waals surface area contributed by atoms with E-state index in [1.54, 1.807) is 19.3 Å². The van der Waals surface area contributed by atoms with Crippen molar-refractivity contribution in [3.63, 3.8) is 0 Å². The molecular formula is C9H14BN5O2S. The maximum Gasteiger partial charge on any atom is 0.337 e. The van der Waals surface area contributed by atoms with Gasteiger partial charge >= 0.3 is 6.03 Å². The minimum absolute atomic E-state index is 0.0139. The Labute approximate surface area is 110 Å². The van der Waals surface area contributed by atoms with Crippen LogP contribution in [0, 0.1) is 0 Å². The maximum absolute atomic E-state index is 11.8. The Hall–Kier alpha value is -1.87. The van der Waals surface area contributed by atoms with E-state index in [1.165, 1.54) is 11.6 Å². The van der Waals surface area contributed by atoms with E-state index in [0.29, 0.717) is 5.69 Å². The first kappa shape index (κ1) is 14.2. The van der Waals surface area contributed by atoms with Crippen LogP contribution in [-0.4, -0.2) is 35.6 Å². The number of pyridine rings is 1. The van der Waals surface area contributed by atoms with Gasteiger partial charge in [0.05, 0.1) is 0 Å². The number of aryl methyl sites for hydroxylation is 1. The standard InChI is InChI=1S/C9H14BN5O2S/c1-14-4-5(10)3-6(7(14)16)12-8(18)13-9(17)15(2)11/h3-4H,10-11H2,1-2H3,(H2,12,13,17,18). The predicted molar refractivity (Wildman–Crippen MR) is 76.6 cm³/mol. The molecule has 0 radical (unpaired) electrons. The third-order valence-corrected chi connectivity index (χ3v) is 2.31. The monoisotopic (exact) mass is 267 g/mol. The Morgan fingerprint density at radius 2 is 2.22 bits per heavy atom. The summed E-state index contributed by atoms with van der Waals surface area (Å²) in [6.45, 7) is 0. The molecule has 0 aromatic carbocycles. The number of rotatable bonds is 1. The van der Waals surface area contributed by atoms with Crippen LogP contribution < -0.4 is 27.5 Å². The fraction of sp³-hybridized carbons (Fsp3) is 0.222. The molecule has 0 atom stereocenters. The molecule has 9 heteroatoms. The van der Waals surface area contributed by atoms with Crippen molar-refractivity contribution in [1.29, 1.82) is 0 Å². The Bertz CT molecular complexity index is 542. The summed E-state index contributed by atoms with van der Waals surface area (Å²) < 4.78 is 1.43. The number of urea groups is 1. The summed E-state index contributed by atoms with van der Waals surface area (Å²) >= 11 is 4.90. The number of nitrogens with zero attached hydrogens (tertiary/aromatic N) is 2. The Morgan fingerprint density at radius 3 is 2.78 bits per heavy atom. The zero-order chi connectivity index (χ0) is 13.9. The minimum Gasteiger partial charge on any atom is -0.328 e. The zero-order valence-electron chi connectivity index (χ0n) is 10.4. The third kappa shape index (κ3) is 3.57. The summed E-state index contributed by atoms with van der Waals surface area (Å²) in [4.78, 5) is 23.0. The first-order valence-electron chi connectivity index (χ1n) is 5.09. The van der Waals surface area contributed by atoms with E-state index in [2.05, 4.69) is 10.6 Å². The van der Waals surface area contributed by atoms with Gasteiger partial charge in [-0.05, 0) is 18.3 Å². The number of aromatic nitrogens is 1. The number of carbonyl (C=O) groups excluding carboxylic acids is 1. The zero-order valence-corrected chi connectivity index (χ0v) is 11.2. The van der Waals surface area contributed by atoms with Crippen molar-refractivity contribution in [2.45, 2.75) is 0 Å². The maximum atomic E-state index is 11.8. The summed E-state index contributed by atoms with van der Waals surface area (Å²) in [6, 6.07) is 1.07. The van der Waals surface area contributed by atoms with Crippen LogP contribution in [0.15, 0.2) is 17.1 Å². The van der Waals surface area contributed by atoms with Gasteiger partial charge in [-0.3, -0.25) is 15.1 Å². The van der Waals surface area contributed by atoms with Gasteiger partial charge in [-0.15, -0.1) is 0 Å². The second kappa shape index (κ2) is 5.65. The third-order valence-electron chi connectivity index (χ3n) is 2.11. The molecule has 96 valence electrons. The number of nitrogens with one attached hydrogen (secondary N) is 2. The van der Waals surface area contributed by atoms with Gasteiger partial charge in [-0.25, -0.2) is 10.6 Å². The topological polar surface area (TPSA) is 92.4 Å². The molecule has 4 N–H and O–H groups in total. The molecule has 0 aliphatic heterocycles. The molecule has 0 aliphatic rings. The van der Waals surface area contributed by atoms with Crippen molar-refractivity contribution < 1.29 is 4.79 Å². The number of amides is 2. The van der Waals surface area contributed by atoms with Crippen LogP contribution in [0.25, 0.3) is 0 Å². The number of anilines is 1. The number of hydrazine groups is 1.